The molecule has 0 spiro atoms. The Morgan fingerprint density at radius 2 is 1.89 bits per heavy atom. The van der Waals surface area contributed by atoms with Crippen LogP contribution >= 0.6 is 0 Å². The Morgan fingerprint density at radius 1 is 1.33 bits per heavy atom. The van der Waals surface area contributed by atoms with Crippen LogP contribution in [0.2, 0.25) is 0 Å². The van der Waals surface area contributed by atoms with Gasteiger partial charge >= 0.3 is 0 Å². The molecule has 2 rings (SSSR count). The molecule has 2 aliphatic rings. The molecule has 0 radical (unpaired) electrons. The third-order valence-corrected chi connectivity index (χ3v) is 2.74. The summed E-state index contributed by atoms with van der Waals surface area (Å²) < 4.78 is 0. The number of nitrogens with two attached hydrogens (primary N) is 1. The lowest BCUT2D eigenvalue weighted by atomic mass is 10.1. The maximum atomic E-state index is 10.6. The lowest BCUT2D eigenvalue weighted by molar-refractivity contribution is -0.119. The van der Waals surface area contributed by atoms with E-state index in [2.05, 4.69) is 0 Å². The molecular weight excluding hydrogens is 114 g/mol. The average Bonchev–Trinajstić information content (AvgIpc) is 2.30. The highest BCUT2D eigenvalue weighted by atomic mass is 16.1. The lowest BCUT2D eigenvalue weighted by Gasteiger charge is -1.94. The first kappa shape index (κ1) is 5.27. The summed E-state index contributed by atoms with van der Waals surface area (Å²) in [6.07, 6.45) is 3.82. The number of hydrogen-bond acceptors (Lipinski definition) is 1. The van der Waals surface area contributed by atoms with E-state index in [-0.39, 0.29) is 11.8 Å². The van der Waals surface area contributed by atoms with Crippen LogP contribution in [-0.2, 0) is 4.79 Å². The van der Waals surface area contributed by atoms with Crippen LogP contribution in [0.15, 0.2) is 0 Å². The minimum Gasteiger partial charge on any atom is -0.369 e. The third kappa shape index (κ3) is 0.590. The minimum atomic E-state index is -0.0651. The maximum Gasteiger partial charge on any atom is 0.221 e. The standard InChI is InChI=1S/C7H11NO/c8-7(9)6-4-2-1-3-5(4)6/h4-6H,1-3H2,(H2,8,9). The molecule has 0 aliphatic heterocycles. The van der Waals surface area contributed by atoms with Gasteiger partial charge < -0.3 is 5.73 Å². The summed E-state index contributed by atoms with van der Waals surface area (Å²) >= 11 is 0. The zero-order valence-electron chi connectivity index (χ0n) is 5.34. The number of hydrogen-bond donors (Lipinski definition) is 1. The van der Waals surface area contributed by atoms with Gasteiger partial charge in [0.25, 0.3) is 0 Å². The van der Waals surface area contributed by atoms with Gasteiger partial charge in [0.05, 0.1) is 0 Å². The van der Waals surface area contributed by atoms with Crippen molar-refractivity contribution < 1.29 is 4.79 Å². The monoisotopic (exact) mass is 125 g/mol. The largest absolute Gasteiger partial charge is 0.369 e. The van der Waals surface area contributed by atoms with Crippen LogP contribution in [-0.4, -0.2) is 5.91 Å². The van der Waals surface area contributed by atoms with Crippen LogP contribution in [0, 0.1) is 17.8 Å². The highest BCUT2D eigenvalue weighted by Crippen LogP contribution is 2.57. The molecular formula is C7H11NO. The van der Waals surface area contributed by atoms with E-state index in [1.54, 1.807) is 0 Å². The number of carbonyl (C=O) groups excluding carboxylic acids is 1. The second-order valence-corrected chi connectivity index (χ2v) is 3.19. The molecule has 0 aromatic carbocycles. The molecule has 0 saturated heterocycles. The maximum absolute atomic E-state index is 10.6. The van der Waals surface area contributed by atoms with Gasteiger partial charge in [-0.15, -0.1) is 0 Å². The van der Waals surface area contributed by atoms with Crippen molar-refractivity contribution in [3.63, 3.8) is 0 Å². The summed E-state index contributed by atoms with van der Waals surface area (Å²) in [5.74, 6) is 1.61. The topological polar surface area (TPSA) is 43.1 Å². The Kier molecular flexibility index (Phi) is 0.875. The minimum absolute atomic E-state index is 0.0651. The van der Waals surface area contributed by atoms with Gasteiger partial charge in [0.15, 0.2) is 0 Å². The molecule has 0 aromatic heterocycles. The molecule has 1 amide bonds. The molecule has 0 bridgehead atoms. The summed E-state index contributed by atoms with van der Waals surface area (Å²) in [5, 5.41) is 0. The molecule has 2 heteroatoms. The zero-order valence-corrected chi connectivity index (χ0v) is 5.34. The number of amides is 1. The average molecular weight is 125 g/mol. The van der Waals surface area contributed by atoms with E-state index in [9.17, 15) is 4.79 Å². The summed E-state index contributed by atoms with van der Waals surface area (Å²) in [7, 11) is 0. The summed E-state index contributed by atoms with van der Waals surface area (Å²) in [5.41, 5.74) is 5.15. The fourth-order valence-electron chi connectivity index (χ4n) is 2.24. The van der Waals surface area contributed by atoms with Crippen molar-refractivity contribution in [3.8, 4) is 0 Å². The molecule has 2 N–H and O–H groups in total. The van der Waals surface area contributed by atoms with Gasteiger partial charge in [-0.3, -0.25) is 4.79 Å². The van der Waals surface area contributed by atoms with Crippen molar-refractivity contribution in [2.45, 2.75) is 19.3 Å². The van der Waals surface area contributed by atoms with Crippen molar-refractivity contribution in [2.24, 2.45) is 23.5 Å². The van der Waals surface area contributed by atoms with E-state index < -0.39 is 0 Å². The molecule has 2 aliphatic carbocycles. The Labute approximate surface area is 54.4 Å². The normalized spacial score (nSPS) is 46.4. The van der Waals surface area contributed by atoms with Gasteiger partial charge in [-0.2, -0.15) is 0 Å². The summed E-state index contributed by atoms with van der Waals surface area (Å²) in [6, 6.07) is 0. The van der Waals surface area contributed by atoms with Crippen molar-refractivity contribution in [1.82, 2.24) is 0 Å². The van der Waals surface area contributed by atoms with Crippen molar-refractivity contribution >= 4 is 5.91 Å². The molecule has 2 saturated carbocycles. The first-order chi connectivity index (χ1) is 4.30. The quantitative estimate of drug-likeness (QED) is 0.545. The molecule has 0 aromatic rings. The van der Waals surface area contributed by atoms with Gasteiger partial charge in [0.1, 0.15) is 0 Å². The van der Waals surface area contributed by atoms with Gasteiger partial charge in [0, 0.05) is 5.92 Å². The van der Waals surface area contributed by atoms with Crippen LogP contribution in [0.3, 0.4) is 0 Å². The highest BCUT2D eigenvalue weighted by molar-refractivity contribution is 5.80. The smallest absolute Gasteiger partial charge is 0.221 e. The van der Waals surface area contributed by atoms with E-state index in [0.717, 1.165) is 0 Å². The van der Waals surface area contributed by atoms with E-state index in [4.69, 9.17) is 5.73 Å². The van der Waals surface area contributed by atoms with Crippen LogP contribution in [0.25, 0.3) is 0 Å². The van der Waals surface area contributed by atoms with Crippen LogP contribution in [0.5, 0.6) is 0 Å². The van der Waals surface area contributed by atoms with Crippen LogP contribution in [0.4, 0.5) is 0 Å². The third-order valence-electron chi connectivity index (χ3n) is 2.74. The number of fused-ring (bicyclic) bond motifs is 1. The van der Waals surface area contributed by atoms with Crippen molar-refractivity contribution in [3.05, 3.63) is 0 Å². The van der Waals surface area contributed by atoms with Gasteiger partial charge in [0.2, 0.25) is 5.91 Å². The number of rotatable bonds is 1. The molecule has 0 heterocycles. The molecule has 2 fully saturated rings. The Balaban J connectivity index is 2.02. The lowest BCUT2D eigenvalue weighted by Crippen LogP contribution is -2.15. The van der Waals surface area contributed by atoms with E-state index in [1.807, 2.05) is 0 Å². The predicted octanol–water partition coefficient (Wildman–Crippen LogP) is 0.518. The highest BCUT2D eigenvalue weighted by Gasteiger charge is 2.55. The second kappa shape index (κ2) is 1.49. The van der Waals surface area contributed by atoms with E-state index in [0.29, 0.717) is 11.8 Å². The molecule has 50 valence electrons. The number of primary amides is 1. The number of carbonyl (C=O) groups is 1. The second-order valence-electron chi connectivity index (χ2n) is 3.19. The fourth-order valence-corrected chi connectivity index (χ4v) is 2.24. The first-order valence-corrected chi connectivity index (χ1v) is 3.60. The summed E-state index contributed by atoms with van der Waals surface area (Å²) in [4.78, 5) is 10.6. The fraction of sp³-hybridized carbons (Fsp3) is 0.857. The Morgan fingerprint density at radius 3 is 2.22 bits per heavy atom. The van der Waals surface area contributed by atoms with Crippen LogP contribution < -0.4 is 5.73 Å². The Bertz CT molecular complexity index is 145. The molecule has 2 atom stereocenters. The predicted molar refractivity (Wildman–Crippen MR) is 33.5 cm³/mol. The first-order valence-electron chi connectivity index (χ1n) is 3.60. The molecule has 9 heavy (non-hydrogen) atoms. The summed E-state index contributed by atoms with van der Waals surface area (Å²) in [6.45, 7) is 0. The van der Waals surface area contributed by atoms with Crippen molar-refractivity contribution in [1.29, 1.82) is 0 Å². The molecule has 2 nitrogen and oxygen atoms in total. The SMILES string of the molecule is NC(=O)C1C2CCCC21. The van der Waals surface area contributed by atoms with E-state index in [1.165, 1.54) is 19.3 Å². The molecule has 2 unspecified atom stereocenters. The Hall–Kier alpha value is -0.530. The van der Waals surface area contributed by atoms with Gasteiger partial charge in [-0.1, -0.05) is 6.42 Å². The zero-order chi connectivity index (χ0) is 6.43. The van der Waals surface area contributed by atoms with Gasteiger partial charge in [-0.25, -0.2) is 0 Å². The van der Waals surface area contributed by atoms with E-state index >= 15 is 0 Å². The van der Waals surface area contributed by atoms with Gasteiger partial charge in [-0.05, 0) is 24.7 Å². The van der Waals surface area contributed by atoms with Crippen molar-refractivity contribution in [2.75, 3.05) is 0 Å². The van der Waals surface area contributed by atoms with Crippen LogP contribution in [0.1, 0.15) is 19.3 Å².